The fourth-order valence-electron chi connectivity index (χ4n) is 1.59. The van der Waals surface area contributed by atoms with Crippen LogP contribution in [0.25, 0.3) is 0 Å². The first-order chi connectivity index (χ1) is 8.56. The van der Waals surface area contributed by atoms with Gasteiger partial charge in [0.1, 0.15) is 10.8 Å². The lowest BCUT2D eigenvalue weighted by molar-refractivity contribution is 0.569. The number of nitrogens with one attached hydrogen (secondary N) is 1. The lowest BCUT2D eigenvalue weighted by Gasteiger charge is -2.12. The van der Waals surface area contributed by atoms with Crippen LogP contribution in [-0.4, -0.2) is 4.98 Å². The molecule has 18 heavy (non-hydrogen) atoms. The number of aromatic nitrogens is 1. The first kappa shape index (κ1) is 13.5. The molecule has 0 fully saturated rings. The lowest BCUT2D eigenvalue weighted by Crippen LogP contribution is -2.18. The smallest absolute Gasteiger partial charge is 0.124 e. The number of hydrogen-bond donors (Lipinski definition) is 1. The van der Waals surface area contributed by atoms with Gasteiger partial charge >= 0.3 is 0 Å². The molecule has 2 aromatic rings. The molecule has 1 atom stereocenters. The second kappa shape index (κ2) is 5.78. The molecule has 1 N–H and O–H groups in total. The molecule has 1 heterocycles. The van der Waals surface area contributed by atoms with Gasteiger partial charge in [0.05, 0.1) is 6.04 Å². The van der Waals surface area contributed by atoms with E-state index >= 15 is 0 Å². The highest BCUT2D eigenvalue weighted by atomic mass is 35.5. The van der Waals surface area contributed by atoms with Gasteiger partial charge in [-0.25, -0.2) is 9.37 Å². The zero-order valence-electron chi connectivity index (χ0n) is 10.2. The van der Waals surface area contributed by atoms with E-state index in [1.54, 1.807) is 17.4 Å². The van der Waals surface area contributed by atoms with Gasteiger partial charge in [0.25, 0.3) is 0 Å². The van der Waals surface area contributed by atoms with Crippen LogP contribution in [0.3, 0.4) is 0 Å². The van der Waals surface area contributed by atoms with E-state index in [4.69, 9.17) is 11.6 Å². The molecule has 0 saturated heterocycles. The van der Waals surface area contributed by atoms with E-state index < -0.39 is 0 Å². The maximum absolute atomic E-state index is 12.9. The van der Waals surface area contributed by atoms with E-state index in [0.29, 0.717) is 11.6 Å². The molecule has 0 aliphatic carbocycles. The number of halogens is 2. The summed E-state index contributed by atoms with van der Waals surface area (Å²) in [7, 11) is 0. The summed E-state index contributed by atoms with van der Waals surface area (Å²) in [6.45, 7) is 4.62. The molecule has 96 valence electrons. The molecule has 1 unspecified atom stereocenters. The van der Waals surface area contributed by atoms with Crippen molar-refractivity contribution in [3.8, 4) is 0 Å². The second-order valence-electron chi connectivity index (χ2n) is 4.17. The third-order valence-electron chi connectivity index (χ3n) is 2.62. The number of rotatable bonds is 4. The van der Waals surface area contributed by atoms with Crippen molar-refractivity contribution in [1.29, 1.82) is 0 Å². The molecule has 0 aliphatic heterocycles. The molecule has 0 radical (unpaired) electrons. The third kappa shape index (κ3) is 3.28. The Morgan fingerprint density at radius 2 is 2.28 bits per heavy atom. The van der Waals surface area contributed by atoms with Gasteiger partial charge in [0, 0.05) is 22.6 Å². The van der Waals surface area contributed by atoms with Crippen molar-refractivity contribution < 1.29 is 4.39 Å². The fraction of sp³-hybridized carbons (Fsp3) is 0.308. The summed E-state index contributed by atoms with van der Waals surface area (Å²) in [4.78, 5) is 4.42. The highest BCUT2D eigenvalue weighted by Crippen LogP contribution is 2.20. The topological polar surface area (TPSA) is 24.9 Å². The van der Waals surface area contributed by atoms with Crippen molar-refractivity contribution in [3.05, 3.63) is 50.7 Å². The maximum atomic E-state index is 12.9. The summed E-state index contributed by atoms with van der Waals surface area (Å²) in [6.07, 6.45) is 0. The second-order valence-corrected chi connectivity index (χ2v) is 5.46. The summed E-state index contributed by atoms with van der Waals surface area (Å²) < 4.78 is 12.9. The molecule has 0 aliphatic rings. The maximum Gasteiger partial charge on any atom is 0.124 e. The fourth-order valence-corrected chi connectivity index (χ4v) is 2.65. The highest BCUT2D eigenvalue weighted by Gasteiger charge is 2.10. The minimum atomic E-state index is -0.313. The van der Waals surface area contributed by atoms with Crippen LogP contribution >= 0.6 is 22.9 Å². The molecular weight excluding hydrogens is 271 g/mol. The van der Waals surface area contributed by atoms with Crippen molar-refractivity contribution >= 4 is 22.9 Å². The molecule has 0 amide bonds. The Kier molecular flexibility index (Phi) is 4.32. The SMILES string of the molecule is Cc1csc(C(C)NCc2ccc(F)cc2Cl)n1. The summed E-state index contributed by atoms with van der Waals surface area (Å²) in [5.74, 6) is -0.313. The number of benzene rings is 1. The summed E-state index contributed by atoms with van der Waals surface area (Å²) in [6, 6.07) is 4.60. The van der Waals surface area contributed by atoms with Crippen LogP contribution in [0.15, 0.2) is 23.6 Å². The van der Waals surface area contributed by atoms with Crippen LogP contribution in [0.1, 0.15) is 29.2 Å². The van der Waals surface area contributed by atoms with Gasteiger partial charge in [-0.1, -0.05) is 17.7 Å². The number of aryl methyl sites for hydroxylation is 1. The van der Waals surface area contributed by atoms with Crippen molar-refractivity contribution in [3.63, 3.8) is 0 Å². The summed E-state index contributed by atoms with van der Waals surface area (Å²) in [5, 5.41) is 6.85. The Labute approximate surface area is 115 Å². The van der Waals surface area contributed by atoms with E-state index in [-0.39, 0.29) is 11.9 Å². The van der Waals surface area contributed by atoms with Gasteiger partial charge in [-0.3, -0.25) is 0 Å². The molecule has 0 saturated carbocycles. The number of hydrogen-bond acceptors (Lipinski definition) is 3. The van der Waals surface area contributed by atoms with E-state index in [2.05, 4.69) is 17.2 Å². The zero-order chi connectivity index (χ0) is 13.1. The molecule has 0 spiro atoms. The minimum Gasteiger partial charge on any atom is -0.304 e. The van der Waals surface area contributed by atoms with Crippen molar-refractivity contribution in [2.75, 3.05) is 0 Å². The van der Waals surface area contributed by atoms with Gasteiger partial charge in [0.2, 0.25) is 0 Å². The van der Waals surface area contributed by atoms with Gasteiger partial charge in [-0.15, -0.1) is 11.3 Å². The Morgan fingerprint density at radius 3 is 2.89 bits per heavy atom. The van der Waals surface area contributed by atoms with Crippen molar-refractivity contribution in [2.45, 2.75) is 26.4 Å². The monoisotopic (exact) mass is 284 g/mol. The van der Waals surface area contributed by atoms with Crippen LogP contribution in [0, 0.1) is 12.7 Å². The standard InChI is InChI=1S/C13H14ClFN2S/c1-8-7-18-13(17-8)9(2)16-6-10-3-4-11(15)5-12(10)14/h3-5,7,9,16H,6H2,1-2H3. The number of thiazole rings is 1. The Bertz CT molecular complexity index is 542. The average molecular weight is 285 g/mol. The Hall–Kier alpha value is -0.970. The van der Waals surface area contributed by atoms with Gasteiger partial charge in [-0.2, -0.15) is 0 Å². The van der Waals surface area contributed by atoms with E-state index in [1.165, 1.54) is 12.1 Å². The Balaban J connectivity index is 1.99. The predicted octanol–water partition coefficient (Wildman–Crippen LogP) is 4.09. The van der Waals surface area contributed by atoms with Crippen LogP contribution in [-0.2, 0) is 6.54 Å². The first-order valence-electron chi connectivity index (χ1n) is 5.65. The normalized spacial score (nSPS) is 12.7. The van der Waals surface area contributed by atoms with Gasteiger partial charge < -0.3 is 5.32 Å². The van der Waals surface area contributed by atoms with Crippen LogP contribution in [0.5, 0.6) is 0 Å². The molecule has 5 heteroatoms. The van der Waals surface area contributed by atoms with E-state index in [9.17, 15) is 4.39 Å². The molecule has 2 nitrogen and oxygen atoms in total. The lowest BCUT2D eigenvalue weighted by atomic mass is 10.2. The molecule has 2 rings (SSSR count). The highest BCUT2D eigenvalue weighted by molar-refractivity contribution is 7.09. The largest absolute Gasteiger partial charge is 0.304 e. The quantitative estimate of drug-likeness (QED) is 0.914. The minimum absolute atomic E-state index is 0.157. The first-order valence-corrected chi connectivity index (χ1v) is 6.91. The van der Waals surface area contributed by atoms with E-state index in [1.807, 2.05) is 12.3 Å². The predicted molar refractivity (Wildman–Crippen MR) is 73.5 cm³/mol. The van der Waals surface area contributed by atoms with Crippen molar-refractivity contribution in [2.24, 2.45) is 0 Å². The van der Waals surface area contributed by atoms with Crippen LogP contribution in [0.4, 0.5) is 4.39 Å². The van der Waals surface area contributed by atoms with Crippen LogP contribution in [0.2, 0.25) is 5.02 Å². The Morgan fingerprint density at radius 1 is 1.50 bits per heavy atom. The van der Waals surface area contributed by atoms with Gasteiger partial charge in [-0.05, 0) is 31.5 Å². The van der Waals surface area contributed by atoms with Crippen molar-refractivity contribution in [1.82, 2.24) is 10.3 Å². The number of nitrogens with zero attached hydrogens (tertiary/aromatic N) is 1. The summed E-state index contributed by atoms with van der Waals surface area (Å²) >= 11 is 7.60. The summed E-state index contributed by atoms with van der Waals surface area (Å²) in [5.41, 5.74) is 1.92. The molecule has 0 bridgehead atoms. The third-order valence-corrected chi connectivity index (χ3v) is 4.12. The van der Waals surface area contributed by atoms with Crippen LogP contribution < -0.4 is 5.32 Å². The molecule has 1 aromatic heterocycles. The van der Waals surface area contributed by atoms with Gasteiger partial charge in [0.15, 0.2) is 0 Å². The molecule has 1 aromatic carbocycles. The zero-order valence-corrected chi connectivity index (χ0v) is 11.8. The van der Waals surface area contributed by atoms with E-state index in [0.717, 1.165) is 16.3 Å². The molecular formula is C13H14ClFN2S. The average Bonchev–Trinajstić information content (AvgIpc) is 2.74.